The highest BCUT2D eigenvalue weighted by Gasteiger charge is 2.04. The van der Waals surface area contributed by atoms with Crippen LogP contribution in [0.15, 0.2) is 29.3 Å². The van der Waals surface area contributed by atoms with Gasteiger partial charge in [-0.25, -0.2) is 9.38 Å². The van der Waals surface area contributed by atoms with E-state index in [1.807, 2.05) is 13.8 Å². The number of nitrogens with zero attached hydrogens (tertiary/aromatic N) is 1. The number of aliphatic imine (C=N–C) groups is 1. The van der Waals surface area contributed by atoms with Crippen molar-refractivity contribution < 1.29 is 9.18 Å². The van der Waals surface area contributed by atoms with Crippen LogP contribution < -0.4 is 16.0 Å². The van der Waals surface area contributed by atoms with E-state index >= 15 is 0 Å². The second-order valence-electron chi connectivity index (χ2n) is 4.49. The molecule has 116 valence electrons. The Bertz CT molecular complexity index is 476. The van der Waals surface area contributed by atoms with Gasteiger partial charge in [0.2, 0.25) is 5.91 Å². The minimum Gasteiger partial charge on any atom is -0.357 e. The third kappa shape index (κ3) is 6.74. The Balaban J connectivity index is 2.54. The maximum absolute atomic E-state index is 13.5. The van der Waals surface area contributed by atoms with Crippen molar-refractivity contribution in [2.45, 2.75) is 26.8 Å². The molecule has 1 aromatic rings. The van der Waals surface area contributed by atoms with Crippen molar-refractivity contribution in [2.75, 3.05) is 19.6 Å². The maximum Gasteiger partial charge on any atom is 0.239 e. The summed E-state index contributed by atoms with van der Waals surface area (Å²) in [6.07, 6.45) is 0.896. The van der Waals surface area contributed by atoms with E-state index in [0.29, 0.717) is 24.6 Å². The van der Waals surface area contributed by atoms with Gasteiger partial charge < -0.3 is 16.0 Å². The van der Waals surface area contributed by atoms with E-state index in [0.717, 1.165) is 6.42 Å². The average molecular weight is 294 g/mol. The number of rotatable bonds is 7. The van der Waals surface area contributed by atoms with E-state index < -0.39 is 0 Å². The number of guanidine groups is 1. The normalized spacial score (nSPS) is 11.1. The maximum atomic E-state index is 13.5. The summed E-state index contributed by atoms with van der Waals surface area (Å²) in [4.78, 5) is 15.8. The average Bonchev–Trinajstić information content (AvgIpc) is 2.49. The number of nitrogens with one attached hydrogen (secondary N) is 3. The fraction of sp³-hybridized carbons (Fsp3) is 0.467. The molecule has 0 saturated heterocycles. The quantitative estimate of drug-likeness (QED) is 0.526. The lowest BCUT2D eigenvalue weighted by Gasteiger charge is -2.11. The Hall–Kier alpha value is -2.11. The minimum absolute atomic E-state index is 0.0895. The van der Waals surface area contributed by atoms with Gasteiger partial charge in [0.05, 0.1) is 13.1 Å². The van der Waals surface area contributed by atoms with Gasteiger partial charge in [-0.15, -0.1) is 0 Å². The van der Waals surface area contributed by atoms with Gasteiger partial charge in [0.1, 0.15) is 5.82 Å². The Morgan fingerprint density at radius 2 is 1.95 bits per heavy atom. The molecule has 0 fully saturated rings. The molecule has 3 N–H and O–H groups in total. The molecule has 0 bridgehead atoms. The zero-order chi connectivity index (χ0) is 15.5. The zero-order valence-electron chi connectivity index (χ0n) is 12.6. The molecule has 0 saturated carbocycles. The molecule has 0 aliphatic heterocycles. The van der Waals surface area contributed by atoms with Crippen molar-refractivity contribution in [3.63, 3.8) is 0 Å². The number of hydrogen-bond acceptors (Lipinski definition) is 2. The summed E-state index contributed by atoms with van der Waals surface area (Å²) in [5.74, 6) is 0.124. The molecule has 1 rings (SSSR count). The monoisotopic (exact) mass is 294 g/mol. The summed E-state index contributed by atoms with van der Waals surface area (Å²) < 4.78 is 13.5. The molecule has 6 heteroatoms. The number of carbonyl (C=O) groups excluding carboxylic acids is 1. The van der Waals surface area contributed by atoms with Crippen molar-refractivity contribution in [3.8, 4) is 0 Å². The zero-order valence-corrected chi connectivity index (χ0v) is 12.6. The first kappa shape index (κ1) is 16.9. The molecular weight excluding hydrogens is 271 g/mol. The van der Waals surface area contributed by atoms with Gasteiger partial charge in [0.25, 0.3) is 0 Å². The van der Waals surface area contributed by atoms with Gasteiger partial charge in [-0.1, -0.05) is 25.1 Å². The predicted molar refractivity (Wildman–Crippen MR) is 82.5 cm³/mol. The van der Waals surface area contributed by atoms with Crippen molar-refractivity contribution in [2.24, 2.45) is 4.99 Å². The molecule has 21 heavy (non-hydrogen) atoms. The first-order chi connectivity index (χ1) is 10.2. The van der Waals surface area contributed by atoms with Gasteiger partial charge in [-0.2, -0.15) is 0 Å². The van der Waals surface area contributed by atoms with Crippen LogP contribution >= 0.6 is 0 Å². The molecule has 0 aliphatic rings. The molecule has 0 radical (unpaired) electrons. The van der Waals surface area contributed by atoms with Crippen LogP contribution in [-0.4, -0.2) is 31.5 Å². The lowest BCUT2D eigenvalue weighted by atomic mass is 10.2. The number of amides is 1. The van der Waals surface area contributed by atoms with Crippen LogP contribution in [-0.2, 0) is 11.3 Å². The summed E-state index contributed by atoms with van der Waals surface area (Å²) in [5.41, 5.74) is 0.519. The third-order valence-electron chi connectivity index (χ3n) is 2.70. The summed E-state index contributed by atoms with van der Waals surface area (Å²) in [7, 11) is 0. The van der Waals surface area contributed by atoms with Gasteiger partial charge in [0, 0.05) is 18.7 Å². The lowest BCUT2D eigenvalue weighted by molar-refractivity contribution is -0.120. The SMILES string of the molecule is CCCNC(=O)CNC(=NCc1ccccc1F)NCC. The molecule has 0 unspecified atom stereocenters. The predicted octanol–water partition coefficient (Wildman–Crippen LogP) is 1.41. The minimum atomic E-state index is -0.280. The van der Waals surface area contributed by atoms with E-state index in [4.69, 9.17) is 0 Å². The van der Waals surface area contributed by atoms with Crippen LogP contribution in [0.4, 0.5) is 4.39 Å². The Kier molecular flexibility index (Phi) is 7.86. The number of halogens is 1. The topological polar surface area (TPSA) is 65.5 Å². The van der Waals surface area contributed by atoms with E-state index in [1.54, 1.807) is 18.2 Å². The highest BCUT2D eigenvalue weighted by atomic mass is 19.1. The summed E-state index contributed by atoms with van der Waals surface area (Å²) in [6, 6.07) is 6.51. The van der Waals surface area contributed by atoms with Crippen molar-refractivity contribution >= 4 is 11.9 Å². The highest BCUT2D eigenvalue weighted by molar-refractivity contribution is 5.86. The Labute approximate surface area is 125 Å². The highest BCUT2D eigenvalue weighted by Crippen LogP contribution is 2.07. The Morgan fingerprint density at radius 3 is 2.62 bits per heavy atom. The fourth-order valence-electron chi connectivity index (χ4n) is 1.62. The second-order valence-corrected chi connectivity index (χ2v) is 4.49. The van der Waals surface area contributed by atoms with Crippen LogP contribution in [0, 0.1) is 5.82 Å². The second kappa shape index (κ2) is 9.74. The standard InChI is InChI=1S/C15H23FN4O/c1-3-9-18-14(21)11-20-15(17-4-2)19-10-12-7-5-6-8-13(12)16/h5-8H,3-4,9-11H2,1-2H3,(H,18,21)(H2,17,19,20). The molecule has 0 aliphatic carbocycles. The molecule has 0 spiro atoms. The van der Waals surface area contributed by atoms with Crippen LogP contribution in [0.25, 0.3) is 0 Å². The summed E-state index contributed by atoms with van der Waals surface area (Å²) >= 11 is 0. The van der Waals surface area contributed by atoms with Crippen molar-refractivity contribution in [1.29, 1.82) is 0 Å². The van der Waals surface area contributed by atoms with Crippen molar-refractivity contribution in [1.82, 2.24) is 16.0 Å². The van der Waals surface area contributed by atoms with Crippen LogP contribution in [0.2, 0.25) is 0 Å². The van der Waals surface area contributed by atoms with E-state index in [2.05, 4.69) is 20.9 Å². The largest absolute Gasteiger partial charge is 0.357 e. The smallest absolute Gasteiger partial charge is 0.239 e. The van der Waals surface area contributed by atoms with Crippen LogP contribution in [0.3, 0.4) is 0 Å². The van der Waals surface area contributed by atoms with Gasteiger partial charge in [-0.05, 0) is 19.4 Å². The number of carbonyl (C=O) groups is 1. The van der Waals surface area contributed by atoms with E-state index in [9.17, 15) is 9.18 Å². The third-order valence-corrected chi connectivity index (χ3v) is 2.70. The van der Waals surface area contributed by atoms with Crippen LogP contribution in [0.5, 0.6) is 0 Å². The fourth-order valence-corrected chi connectivity index (χ4v) is 1.62. The molecule has 1 aromatic carbocycles. The van der Waals surface area contributed by atoms with E-state index in [1.165, 1.54) is 6.07 Å². The molecular formula is C15H23FN4O. The van der Waals surface area contributed by atoms with Crippen molar-refractivity contribution in [3.05, 3.63) is 35.6 Å². The first-order valence-electron chi connectivity index (χ1n) is 7.19. The van der Waals surface area contributed by atoms with Gasteiger partial charge in [0.15, 0.2) is 5.96 Å². The number of benzene rings is 1. The van der Waals surface area contributed by atoms with E-state index in [-0.39, 0.29) is 24.8 Å². The molecule has 5 nitrogen and oxygen atoms in total. The summed E-state index contributed by atoms with van der Waals surface area (Å²) in [6.45, 7) is 5.61. The lowest BCUT2D eigenvalue weighted by Crippen LogP contribution is -2.43. The van der Waals surface area contributed by atoms with Gasteiger partial charge in [-0.3, -0.25) is 4.79 Å². The first-order valence-corrected chi connectivity index (χ1v) is 7.19. The number of hydrogen-bond donors (Lipinski definition) is 3. The molecule has 0 heterocycles. The Morgan fingerprint density at radius 1 is 1.19 bits per heavy atom. The molecule has 0 aromatic heterocycles. The van der Waals surface area contributed by atoms with Gasteiger partial charge >= 0.3 is 0 Å². The molecule has 1 amide bonds. The summed E-state index contributed by atoms with van der Waals surface area (Å²) in [5, 5.41) is 8.71. The van der Waals surface area contributed by atoms with Crippen LogP contribution in [0.1, 0.15) is 25.8 Å². The molecule has 0 atom stereocenters.